The highest BCUT2D eigenvalue weighted by Gasteiger charge is 2.50. The van der Waals surface area contributed by atoms with Crippen LogP contribution in [0.5, 0.6) is 0 Å². The van der Waals surface area contributed by atoms with Crippen molar-refractivity contribution in [1.29, 1.82) is 0 Å². The van der Waals surface area contributed by atoms with Crippen molar-refractivity contribution < 1.29 is 4.79 Å². The molecule has 0 aromatic heterocycles. The fourth-order valence-corrected chi connectivity index (χ4v) is 4.67. The topological polar surface area (TPSA) is 47.6 Å². The number of anilines is 2. The molecule has 6 heteroatoms. The molecule has 4 rings (SSSR count). The number of hydrogen-bond acceptors (Lipinski definition) is 3. The molecular formula is C24H30N4OS. The Bertz CT molecular complexity index is 912. The van der Waals surface area contributed by atoms with E-state index in [4.69, 9.17) is 12.2 Å². The number of nitrogens with zero attached hydrogens (tertiary/aromatic N) is 2. The van der Waals surface area contributed by atoms with Crippen LogP contribution in [0.25, 0.3) is 0 Å². The summed E-state index contributed by atoms with van der Waals surface area (Å²) in [7, 11) is 0. The third-order valence-corrected chi connectivity index (χ3v) is 6.65. The molecule has 5 nitrogen and oxygen atoms in total. The Morgan fingerprint density at radius 3 is 2.27 bits per heavy atom. The third kappa shape index (κ3) is 3.88. The molecule has 2 aromatic rings. The lowest BCUT2D eigenvalue weighted by Crippen LogP contribution is -2.57. The lowest BCUT2D eigenvalue weighted by molar-refractivity contribution is -0.124. The molecule has 0 bridgehead atoms. The first kappa shape index (κ1) is 20.7. The highest BCUT2D eigenvalue weighted by Crippen LogP contribution is 2.36. The largest absolute Gasteiger partial charge is 0.349 e. The van der Waals surface area contributed by atoms with Gasteiger partial charge in [0.15, 0.2) is 5.11 Å². The summed E-state index contributed by atoms with van der Waals surface area (Å²) in [6.07, 6.45) is 1.50. The van der Waals surface area contributed by atoms with Crippen molar-refractivity contribution in [2.24, 2.45) is 0 Å². The number of para-hydroxylation sites is 1. The van der Waals surface area contributed by atoms with Gasteiger partial charge < -0.3 is 20.4 Å². The van der Waals surface area contributed by atoms with Crippen molar-refractivity contribution in [2.75, 3.05) is 30.0 Å². The molecule has 0 saturated carbocycles. The second kappa shape index (κ2) is 7.91. The van der Waals surface area contributed by atoms with Crippen LogP contribution in [0.3, 0.4) is 0 Å². The number of amides is 1. The van der Waals surface area contributed by atoms with Crippen LogP contribution in [0, 0.1) is 0 Å². The zero-order valence-corrected chi connectivity index (χ0v) is 18.8. The maximum atomic E-state index is 12.8. The van der Waals surface area contributed by atoms with Gasteiger partial charge in [0, 0.05) is 24.5 Å². The van der Waals surface area contributed by atoms with Crippen LogP contribution in [-0.4, -0.2) is 41.2 Å². The molecule has 2 saturated heterocycles. The molecule has 0 atom stereocenters. The summed E-state index contributed by atoms with van der Waals surface area (Å²) < 4.78 is 0. The summed E-state index contributed by atoms with van der Waals surface area (Å²) in [5.74, 6) is 0.127. The second-order valence-corrected chi connectivity index (χ2v) is 9.59. The Balaban J connectivity index is 1.41. The van der Waals surface area contributed by atoms with Crippen molar-refractivity contribution in [3.8, 4) is 0 Å². The van der Waals surface area contributed by atoms with Gasteiger partial charge in [-0.2, -0.15) is 0 Å². The number of hydrogen-bond donors (Lipinski definition) is 2. The normalized spacial score (nSPS) is 18.4. The van der Waals surface area contributed by atoms with E-state index in [9.17, 15) is 4.79 Å². The van der Waals surface area contributed by atoms with Crippen LogP contribution in [0.4, 0.5) is 11.4 Å². The van der Waals surface area contributed by atoms with Crippen LogP contribution < -0.4 is 15.5 Å². The van der Waals surface area contributed by atoms with Crippen LogP contribution >= 0.6 is 12.2 Å². The van der Waals surface area contributed by atoms with E-state index < -0.39 is 5.54 Å². The van der Waals surface area contributed by atoms with E-state index in [0.29, 0.717) is 6.67 Å². The van der Waals surface area contributed by atoms with Gasteiger partial charge in [-0.3, -0.25) is 4.79 Å². The molecule has 0 unspecified atom stereocenters. The quantitative estimate of drug-likeness (QED) is 0.714. The van der Waals surface area contributed by atoms with E-state index in [1.54, 1.807) is 0 Å². The maximum Gasteiger partial charge on any atom is 0.247 e. The summed E-state index contributed by atoms with van der Waals surface area (Å²) >= 11 is 5.68. The van der Waals surface area contributed by atoms with Crippen molar-refractivity contribution in [1.82, 2.24) is 10.2 Å². The monoisotopic (exact) mass is 422 g/mol. The van der Waals surface area contributed by atoms with Crippen LogP contribution in [0.2, 0.25) is 0 Å². The van der Waals surface area contributed by atoms with Gasteiger partial charge in [0.2, 0.25) is 5.91 Å². The molecular weight excluding hydrogens is 392 g/mol. The molecule has 2 fully saturated rings. The summed E-state index contributed by atoms with van der Waals surface area (Å²) in [4.78, 5) is 17.2. The third-order valence-electron chi connectivity index (χ3n) is 6.28. The molecule has 1 amide bonds. The first-order valence-corrected chi connectivity index (χ1v) is 11.0. The molecule has 2 aliphatic heterocycles. The van der Waals surface area contributed by atoms with Crippen LogP contribution in [0.1, 0.15) is 39.2 Å². The zero-order valence-electron chi connectivity index (χ0n) is 17.9. The van der Waals surface area contributed by atoms with E-state index in [1.807, 2.05) is 18.2 Å². The first-order valence-electron chi connectivity index (χ1n) is 10.6. The van der Waals surface area contributed by atoms with Gasteiger partial charge in [0.05, 0.1) is 6.67 Å². The van der Waals surface area contributed by atoms with Crippen molar-refractivity contribution in [3.63, 3.8) is 0 Å². The summed E-state index contributed by atoms with van der Waals surface area (Å²) in [6.45, 7) is 8.70. The summed E-state index contributed by atoms with van der Waals surface area (Å²) in [5, 5.41) is 7.14. The number of likely N-dealkylation sites (tertiary alicyclic amines) is 1. The first-order chi connectivity index (χ1) is 14.3. The van der Waals surface area contributed by atoms with E-state index in [1.165, 1.54) is 5.56 Å². The average molecular weight is 423 g/mol. The van der Waals surface area contributed by atoms with Crippen molar-refractivity contribution >= 4 is 34.6 Å². The molecule has 2 heterocycles. The predicted octanol–water partition coefficient (Wildman–Crippen LogP) is 4.11. The molecule has 1 spiro atoms. The molecule has 0 radical (unpaired) electrons. The van der Waals surface area contributed by atoms with Gasteiger partial charge >= 0.3 is 0 Å². The molecule has 0 aliphatic carbocycles. The van der Waals surface area contributed by atoms with Gasteiger partial charge in [-0.25, -0.2) is 0 Å². The van der Waals surface area contributed by atoms with Crippen LogP contribution in [-0.2, 0) is 10.2 Å². The number of benzene rings is 2. The predicted molar refractivity (Wildman–Crippen MR) is 127 cm³/mol. The minimum absolute atomic E-state index is 0.127. The maximum absolute atomic E-state index is 12.8. The van der Waals surface area contributed by atoms with Gasteiger partial charge in [-0.05, 0) is 60.3 Å². The lowest BCUT2D eigenvalue weighted by atomic mass is 9.86. The Hall–Kier alpha value is -2.60. The second-order valence-electron chi connectivity index (χ2n) is 9.20. The standard InChI is InChI=1S/C24H30N4OS/c1-23(2,3)18-9-11-19(12-10-18)26-22(30)27-15-13-24(14-16-27)21(29)25-17-28(24)20-7-5-4-6-8-20/h4-12H,13-17H2,1-3H3,(H,25,29)(H,26,30). The molecule has 2 aromatic carbocycles. The Morgan fingerprint density at radius 2 is 1.67 bits per heavy atom. The summed E-state index contributed by atoms with van der Waals surface area (Å²) in [5.41, 5.74) is 3.03. The van der Waals surface area contributed by atoms with E-state index in [-0.39, 0.29) is 11.3 Å². The van der Waals surface area contributed by atoms with Crippen molar-refractivity contribution in [3.05, 3.63) is 60.2 Å². The van der Waals surface area contributed by atoms with Gasteiger partial charge in [-0.15, -0.1) is 0 Å². The summed E-state index contributed by atoms with van der Waals surface area (Å²) in [6, 6.07) is 18.6. The Kier molecular flexibility index (Phi) is 5.45. The molecule has 2 aliphatic rings. The average Bonchev–Trinajstić information content (AvgIpc) is 3.04. The van der Waals surface area contributed by atoms with Gasteiger partial charge in [-0.1, -0.05) is 51.1 Å². The highest BCUT2D eigenvalue weighted by molar-refractivity contribution is 7.80. The number of carbonyl (C=O) groups is 1. The fraction of sp³-hybridized carbons (Fsp3) is 0.417. The number of piperidine rings is 1. The minimum atomic E-state index is -0.484. The smallest absolute Gasteiger partial charge is 0.247 e. The SMILES string of the molecule is CC(C)(C)c1ccc(NC(=S)N2CCC3(CC2)C(=O)NCN3c2ccccc2)cc1. The lowest BCUT2D eigenvalue weighted by Gasteiger charge is -2.44. The Labute approximate surface area is 184 Å². The van der Waals surface area contributed by atoms with E-state index in [2.05, 4.69) is 77.6 Å². The zero-order chi connectivity index (χ0) is 21.4. The fourth-order valence-electron chi connectivity index (χ4n) is 4.37. The minimum Gasteiger partial charge on any atom is -0.349 e. The van der Waals surface area contributed by atoms with E-state index >= 15 is 0 Å². The number of thiocarbonyl (C=S) groups is 1. The van der Waals surface area contributed by atoms with E-state index in [0.717, 1.165) is 42.4 Å². The molecule has 158 valence electrons. The number of carbonyl (C=O) groups excluding carboxylic acids is 1. The van der Waals surface area contributed by atoms with Gasteiger partial charge in [0.1, 0.15) is 5.54 Å². The van der Waals surface area contributed by atoms with Crippen molar-refractivity contribution in [2.45, 2.75) is 44.6 Å². The highest BCUT2D eigenvalue weighted by atomic mass is 32.1. The molecule has 2 N–H and O–H groups in total. The van der Waals surface area contributed by atoms with Gasteiger partial charge in [0.25, 0.3) is 0 Å². The van der Waals surface area contributed by atoms with Crippen LogP contribution in [0.15, 0.2) is 54.6 Å². The Morgan fingerprint density at radius 1 is 1.03 bits per heavy atom. The number of nitrogens with one attached hydrogen (secondary N) is 2. The number of rotatable bonds is 2. The molecule has 30 heavy (non-hydrogen) atoms.